The first-order valence-corrected chi connectivity index (χ1v) is 19.8. The summed E-state index contributed by atoms with van der Waals surface area (Å²) in [5.41, 5.74) is 18.3. The van der Waals surface area contributed by atoms with Crippen molar-refractivity contribution in [1.82, 2.24) is 4.57 Å². The molecule has 0 bridgehead atoms. The molecule has 2 heteroatoms. The Kier molecular flexibility index (Phi) is 7.55. The fraction of sp³-hybridized carbons (Fsp3) is 0.0545. The van der Waals surface area contributed by atoms with E-state index in [1.807, 2.05) is 0 Å². The predicted molar refractivity (Wildman–Crippen MR) is 242 cm³/mol. The Bertz CT molecular complexity index is 3160. The van der Waals surface area contributed by atoms with Crippen LogP contribution in [0, 0.1) is 0 Å². The van der Waals surface area contributed by atoms with Crippen molar-refractivity contribution in [2.75, 3.05) is 5.32 Å². The van der Waals surface area contributed by atoms with Crippen LogP contribution in [0.15, 0.2) is 200 Å². The Morgan fingerprint density at radius 1 is 0.386 bits per heavy atom. The minimum absolute atomic E-state index is 0.0471. The van der Waals surface area contributed by atoms with Crippen molar-refractivity contribution in [3.8, 4) is 50.2 Å². The van der Waals surface area contributed by atoms with E-state index in [0.717, 1.165) is 11.4 Å². The van der Waals surface area contributed by atoms with Gasteiger partial charge in [0.25, 0.3) is 0 Å². The fourth-order valence-corrected chi connectivity index (χ4v) is 9.31. The standard InChI is InChI=1S/C55H40N2/c1-55(2)49-20-10-8-18-44(49)47-35-41(25-30-50(47)55)46-33-39(26-31-51(46)56-42-28-23-37(24-29-42)36-13-4-3-5-14-36)40-27-32-54-48(34-40)45-19-9-11-21-53(45)57(54)52-22-12-16-38-15-6-7-17-43(38)52/h3-35,56H,1-2H3. The Morgan fingerprint density at radius 2 is 1.00 bits per heavy atom. The molecular weight excluding hydrogens is 689 g/mol. The van der Waals surface area contributed by atoms with E-state index in [9.17, 15) is 0 Å². The van der Waals surface area contributed by atoms with Gasteiger partial charge in [0.1, 0.15) is 0 Å². The molecule has 1 aromatic heterocycles. The Balaban J connectivity index is 1.06. The van der Waals surface area contributed by atoms with Crippen LogP contribution >= 0.6 is 0 Å². The largest absolute Gasteiger partial charge is 0.355 e. The zero-order valence-corrected chi connectivity index (χ0v) is 32.0. The Labute approximate surface area is 333 Å². The van der Waals surface area contributed by atoms with Crippen LogP contribution in [0.25, 0.3) is 82.8 Å². The predicted octanol–water partition coefficient (Wildman–Crippen LogP) is 15.0. The first kappa shape index (κ1) is 33.2. The molecule has 1 aliphatic carbocycles. The molecule has 0 spiro atoms. The van der Waals surface area contributed by atoms with Crippen LogP contribution in [-0.2, 0) is 5.41 Å². The lowest BCUT2D eigenvalue weighted by Gasteiger charge is -2.21. The third kappa shape index (κ3) is 5.40. The zero-order chi connectivity index (χ0) is 38.1. The third-order valence-corrected chi connectivity index (χ3v) is 12.2. The van der Waals surface area contributed by atoms with Crippen molar-refractivity contribution in [3.05, 3.63) is 211 Å². The molecule has 0 saturated carbocycles. The first-order valence-electron chi connectivity index (χ1n) is 19.8. The molecule has 0 unspecified atom stereocenters. The van der Waals surface area contributed by atoms with E-state index < -0.39 is 0 Å². The second-order valence-corrected chi connectivity index (χ2v) is 15.8. The molecule has 0 saturated heterocycles. The molecule has 0 fully saturated rings. The van der Waals surface area contributed by atoms with Crippen molar-refractivity contribution in [3.63, 3.8) is 0 Å². The second-order valence-electron chi connectivity index (χ2n) is 15.8. The summed E-state index contributed by atoms with van der Waals surface area (Å²) in [5, 5.41) is 8.80. The van der Waals surface area contributed by atoms with Gasteiger partial charge in [-0.25, -0.2) is 0 Å². The molecule has 1 heterocycles. The van der Waals surface area contributed by atoms with Gasteiger partial charge in [0.15, 0.2) is 0 Å². The molecule has 10 aromatic rings. The van der Waals surface area contributed by atoms with Crippen molar-refractivity contribution in [2.24, 2.45) is 0 Å². The van der Waals surface area contributed by atoms with E-state index in [2.05, 4.69) is 224 Å². The normalized spacial score (nSPS) is 12.9. The monoisotopic (exact) mass is 728 g/mol. The van der Waals surface area contributed by atoms with E-state index in [1.165, 1.54) is 93.9 Å². The van der Waals surface area contributed by atoms with Crippen LogP contribution in [0.4, 0.5) is 11.4 Å². The molecule has 0 radical (unpaired) electrons. The highest BCUT2D eigenvalue weighted by molar-refractivity contribution is 6.12. The molecule has 270 valence electrons. The van der Waals surface area contributed by atoms with Gasteiger partial charge in [0.2, 0.25) is 0 Å². The van der Waals surface area contributed by atoms with E-state index in [0.29, 0.717) is 0 Å². The number of rotatable bonds is 6. The number of nitrogens with one attached hydrogen (secondary N) is 1. The van der Waals surface area contributed by atoms with Gasteiger partial charge in [-0.15, -0.1) is 0 Å². The van der Waals surface area contributed by atoms with E-state index >= 15 is 0 Å². The lowest BCUT2D eigenvalue weighted by Crippen LogP contribution is -2.14. The minimum Gasteiger partial charge on any atom is -0.355 e. The summed E-state index contributed by atoms with van der Waals surface area (Å²) in [4.78, 5) is 0. The van der Waals surface area contributed by atoms with Gasteiger partial charge in [0.05, 0.1) is 16.7 Å². The number of hydrogen-bond donors (Lipinski definition) is 1. The highest BCUT2D eigenvalue weighted by atomic mass is 15.0. The second kappa shape index (κ2) is 13.0. The van der Waals surface area contributed by atoms with Gasteiger partial charge in [-0.3, -0.25) is 0 Å². The van der Waals surface area contributed by atoms with Gasteiger partial charge in [-0.05, 0) is 110 Å². The van der Waals surface area contributed by atoms with Crippen LogP contribution in [0.5, 0.6) is 0 Å². The van der Waals surface area contributed by atoms with Gasteiger partial charge in [-0.1, -0.05) is 159 Å². The number of nitrogens with zero attached hydrogens (tertiary/aromatic N) is 1. The molecular formula is C55H40N2. The zero-order valence-electron chi connectivity index (χ0n) is 32.0. The topological polar surface area (TPSA) is 17.0 Å². The molecule has 0 aliphatic heterocycles. The molecule has 1 N–H and O–H groups in total. The number of fused-ring (bicyclic) bond motifs is 7. The summed E-state index contributed by atoms with van der Waals surface area (Å²) >= 11 is 0. The van der Waals surface area contributed by atoms with Gasteiger partial charge < -0.3 is 9.88 Å². The lowest BCUT2D eigenvalue weighted by atomic mass is 9.82. The quantitative estimate of drug-likeness (QED) is 0.180. The summed E-state index contributed by atoms with van der Waals surface area (Å²) in [6.07, 6.45) is 0. The van der Waals surface area contributed by atoms with E-state index in [-0.39, 0.29) is 5.41 Å². The van der Waals surface area contributed by atoms with E-state index in [4.69, 9.17) is 0 Å². The maximum absolute atomic E-state index is 3.82. The molecule has 2 nitrogen and oxygen atoms in total. The highest BCUT2D eigenvalue weighted by Gasteiger charge is 2.35. The maximum atomic E-state index is 3.82. The van der Waals surface area contributed by atoms with Gasteiger partial charge >= 0.3 is 0 Å². The average Bonchev–Trinajstić information content (AvgIpc) is 3.71. The number of para-hydroxylation sites is 1. The summed E-state index contributed by atoms with van der Waals surface area (Å²) in [5.74, 6) is 0. The molecule has 11 rings (SSSR count). The van der Waals surface area contributed by atoms with Crippen molar-refractivity contribution in [1.29, 1.82) is 0 Å². The Morgan fingerprint density at radius 3 is 1.88 bits per heavy atom. The minimum atomic E-state index is -0.0471. The van der Waals surface area contributed by atoms with Gasteiger partial charge in [0, 0.05) is 38.5 Å². The van der Waals surface area contributed by atoms with Crippen molar-refractivity contribution < 1.29 is 0 Å². The van der Waals surface area contributed by atoms with E-state index in [1.54, 1.807) is 0 Å². The number of benzene rings is 9. The number of hydrogen-bond acceptors (Lipinski definition) is 1. The molecule has 1 aliphatic rings. The lowest BCUT2D eigenvalue weighted by molar-refractivity contribution is 0.660. The summed E-state index contributed by atoms with van der Waals surface area (Å²) in [6.45, 7) is 4.69. The van der Waals surface area contributed by atoms with Crippen LogP contribution in [0.2, 0.25) is 0 Å². The van der Waals surface area contributed by atoms with Gasteiger partial charge in [-0.2, -0.15) is 0 Å². The first-order chi connectivity index (χ1) is 28.0. The van der Waals surface area contributed by atoms with Crippen LogP contribution in [0.3, 0.4) is 0 Å². The molecule has 9 aromatic carbocycles. The Hall–Kier alpha value is -7.16. The smallest absolute Gasteiger partial charge is 0.0541 e. The fourth-order valence-electron chi connectivity index (χ4n) is 9.31. The van der Waals surface area contributed by atoms with Crippen LogP contribution < -0.4 is 5.32 Å². The summed E-state index contributed by atoms with van der Waals surface area (Å²) < 4.78 is 2.43. The molecule has 57 heavy (non-hydrogen) atoms. The summed E-state index contributed by atoms with van der Waals surface area (Å²) in [6, 6.07) is 73.2. The molecule has 0 atom stereocenters. The maximum Gasteiger partial charge on any atom is 0.0541 e. The SMILES string of the molecule is CC1(C)c2ccccc2-c2cc(-c3cc(-c4ccc5c(c4)c4ccccc4n5-c4cccc5ccccc45)ccc3Nc3ccc(-c4ccccc4)cc3)ccc21. The average molecular weight is 729 g/mol. The summed E-state index contributed by atoms with van der Waals surface area (Å²) in [7, 11) is 0. The third-order valence-electron chi connectivity index (χ3n) is 12.2. The van der Waals surface area contributed by atoms with Crippen molar-refractivity contribution in [2.45, 2.75) is 19.3 Å². The molecule has 0 amide bonds. The number of aromatic nitrogens is 1. The van der Waals surface area contributed by atoms with Crippen LogP contribution in [0.1, 0.15) is 25.0 Å². The number of anilines is 2. The van der Waals surface area contributed by atoms with Crippen molar-refractivity contribution >= 4 is 44.0 Å². The van der Waals surface area contributed by atoms with Crippen LogP contribution in [-0.4, -0.2) is 4.57 Å². The highest BCUT2D eigenvalue weighted by Crippen LogP contribution is 2.50.